The van der Waals surface area contributed by atoms with Crippen LogP contribution < -0.4 is 0 Å². The number of rotatable bonds is 13. The molecule has 0 aromatic carbocycles. The number of hydrogen-bond acceptors (Lipinski definition) is 5. The molecule has 0 spiro atoms. The number of carboxylic acid groups (broad SMARTS) is 1. The number of carbonyl (C=O) groups excluding carboxylic acids is 1. The van der Waals surface area contributed by atoms with Crippen LogP contribution >= 0.6 is 0 Å². The summed E-state index contributed by atoms with van der Waals surface area (Å²) in [6.07, 6.45) is 9.16. The maximum atomic E-state index is 11.5. The summed E-state index contributed by atoms with van der Waals surface area (Å²) in [5.41, 5.74) is 0.0380. The molecule has 0 saturated carbocycles. The second-order valence-electron chi connectivity index (χ2n) is 7.39. The number of ether oxygens (including phenoxy) is 1. The monoisotopic (exact) mass is 362 g/mol. The molecule has 0 radical (unpaired) electrons. The number of aliphatic carboxylic acids is 1. The summed E-state index contributed by atoms with van der Waals surface area (Å²) in [6, 6.07) is 0. The fourth-order valence-electron chi connectivity index (χ4n) is 1.98. The Morgan fingerprint density at radius 1 is 0.760 bits per heavy atom. The first kappa shape index (κ1) is 26.1. The van der Waals surface area contributed by atoms with Crippen LogP contribution in [0.15, 0.2) is 0 Å². The second-order valence-corrected chi connectivity index (χ2v) is 7.39. The van der Waals surface area contributed by atoms with Crippen LogP contribution in [0.1, 0.15) is 85.0 Å². The summed E-state index contributed by atoms with van der Waals surface area (Å²) in [5, 5.41) is 23.8. The average molecular weight is 363 g/mol. The van der Waals surface area contributed by atoms with Crippen molar-refractivity contribution in [2.24, 2.45) is 5.41 Å². The maximum absolute atomic E-state index is 11.5. The molecule has 0 fully saturated rings. The van der Waals surface area contributed by atoms with Gasteiger partial charge in [0.1, 0.15) is 0 Å². The molecule has 0 saturated heterocycles. The fourth-order valence-corrected chi connectivity index (χ4v) is 1.98. The van der Waals surface area contributed by atoms with Crippen LogP contribution in [-0.4, -0.2) is 47.1 Å². The highest BCUT2D eigenvalue weighted by Crippen LogP contribution is 2.14. The minimum Gasteiger partial charge on any atom is -0.481 e. The summed E-state index contributed by atoms with van der Waals surface area (Å²) in [5.74, 6) is -0.785. The lowest BCUT2D eigenvalue weighted by Crippen LogP contribution is -2.18. The zero-order valence-electron chi connectivity index (χ0n) is 16.3. The minimum atomic E-state index is -0.701. The molecule has 0 aliphatic heterocycles. The van der Waals surface area contributed by atoms with Crippen LogP contribution in [0.3, 0.4) is 0 Å². The molecule has 0 amide bonds. The Bertz CT molecular complexity index is 320. The van der Waals surface area contributed by atoms with Crippen LogP contribution in [0, 0.1) is 5.41 Å². The molecule has 0 bridgehead atoms. The zero-order valence-corrected chi connectivity index (χ0v) is 16.3. The predicted octanol–water partition coefficient (Wildman–Crippen LogP) is 3.53. The molecule has 6 heteroatoms. The van der Waals surface area contributed by atoms with Crippen molar-refractivity contribution in [1.82, 2.24) is 0 Å². The normalized spacial score (nSPS) is 10.8. The van der Waals surface area contributed by atoms with Gasteiger partial charge >= 0.3 is 11.9 Å². The third kappa shape index (κ3) is 28.0. The van der Waals surface area contributed by atoms with Gasteiger partial charge in [-0.15, -0.1) is 0 Å². The van der Waals surface area contributed by atoms with Gasteiger partial charge < -0.3 is 20.1 Å². The highest BCUT2D eigenvalue weighted by molar-refractivity contribution is 5.69. The Kier molecular flexibility index (Phi) is 18.4. The number of unbranched alkanes of at least 4 members (excludes halogenated alkanes) is 7. The largest absolute Gasteiger partial charge is 0.481 e. The lowest BCUT2D eigenvalue weighted by molar-refractivity contribution is -0.146. The van der Waals surface area contributed by atoms with Gasteiger partial charge in [0.05, 0.1) is 19.8 Å². The van der Waals surface area contributed by atoms with E-state index in [0.29, 0.717) is 13.0 Å². The van der Waals surface area contributed by atoms with Crippen LogP contribution in [0.25, 0.3) is 0 Å². The molecule has 0 aromatic rings. The lowest BCUT2D eigenvalue weighted by atomic mass is 9.99. The van der Waals surface area contributed by atoms with Gasteiger partial charge in [-0.3, -0.25) is 9.59 Å². The van der Waals surface area contributed by atoms with Crippen molar-refractivity contribution in [1.29, 1.82) is 0 Å². The number of hydrogen-bond donors (Lipinski definition) is 3. The van der Waals surface area contributed by atoms with Crippen molar-refractivity contribution < 1.29 is 29.6 Å². The average Bonchev–Trinajstić information content (AvgIpc) is 2.54. The first-order chi connectivity index (χ1) is 11.7. The van der Waals surface area contributed by atoms with Crippen molar-refractivity contribution >= 4 is 11.9 Å². The number of esters is 1. The molecular weight excluding hydrogens is 324 g/mol. The lowest BCUT2D eigenvalue weighted by Gasteiger charge is -2.17. The molecule has 0 rings (SSSR count). The van der Waals surface area contributed by atoms with E-state index in [0.717, 1.165) is 44.9 Å². The van der Waals surface area contributed by atoms with Gasteiger partial charge in [0.15, 0.2) is 0 Å². The Hall–Kier alpha value is -1.14. The van der Waals surface area contributed by atoms with Gasteiger partial charge in [-0.25, -0.2) is 0 Å². The van der Waals surface area contributed by atoms with E-state index in [4.69, 9.17) is 20.1 Å². The van der Waals surface area contributed by atoms with E-state index in [2.05, 4.69) is 20.8 Å². The first-order valence-corrected chi connectivity index (χ1v) is 9.32. The molecule has 0 aliphatic carbocycles. The molecule has 0 aliphatic rings. The Balaban J connectivity index is 0. The van der Waals surface area contributed by atoms with Crippen LogP contribution in [0.2, 0.25) is 0 Å². The highest BCUT2D eigenvalue weighted by Gasteiger charge is 2.13. The van der Waals surface area contributed by atoms with Crippen LogP contribution in [0.4, 0.5) is 0 Å². The molecule has 0 atom stereocenters. The summed E-state index contributed by atoms with van der Waals surface area (Å²) in [7, 11) is 0. The minimum absolute atomic E-state index is 0.0380. The van der Waals surface area contributed by atoms with E-state index >= 15 is 0 Å². The predicted molar refractivity (Wildman–Crippen MR) is 98.4 cm³/mol. The molecule has 0 heterocycles. The van der Waals surface area contributed by atoms with Gasteiger partial charge in [0.25, 0.3) is 0 Å². The van der Waals surface area contributed by atoms with Crippen molar-refractivity contribution in [2.75, 3.05) is 19.8 Å². The highest BCUT2D eigenvalue weighted by atomic mass is 16.5. The summed E-state index contributed by atoms with van der Waals surface area (Å²) in [6.45, 7) is 6.40. The Morgan fingerprint density at radius 3 is 1.52 bits per heavy atom. The molecular formula is C19H38O6. The van der Waals surface area contributed by atoms with Gasteiger partial charge in [-0.1, -0.05) is 59.3 Å². The molecule has 150 valence electrons. The number of carboxylic acids is 1. The van der Waals surface area contributed by atoms with Crippen LogP contribution in [0.5, 0.6) is 0 Å². The Labute approximate surface area is 152 Å². The molecule has 3 N–H and O–H groups in total. The maximum Gasteiger partial charge on any atom is 0.305 e. The van der Waals surface area contributed by atoms with Crippen molar-refractivity contribution in [2.45, 2.75) is 85.0 Å². The third-order valence-corrected chi connectivity index (χ3v) is 3.29. The van der Waals surface area contributed by atoms with E-state index in [1.54, 1.807) is 0 Å². The SMILES string of the molecule is CC(C)(C)COC(=O)CCCCCCCCCCC(=O)O.OCCO. The van der Waals surface area contributed by atoms with E-state index < -0.39 is 5.97 Å². The second kappa shape index (κ2) is 17.7. The molecule has 0 unspecified atom stereocenters. The van der Waals surface area contributed by atoms with Gasteiger partial charge in [-0.05, 0) is 18.3 Å². The van der Waals surface area contributed by atoms with E-state index in [1.807, 2.05) is 0 Å². The standard InChI is InChI=1S/C17H32O4.C2H6O2/c1-17(2,3)14-21-16(20)13-11-9-7-5-4-6-8-10-12-15(18)19;3-1-2-4/h4-14H2,1-3H3,(H,18,19);3-4H,1-2H2. The van der Waals surface area contributed by atoms with Crippen molar-refractivity contribution in [3.8, 4) is 0 Å². The summed E-state index contributed by atoms with van der Waals surface area (Å²) < 4.78 is 5.21. The smallest absolute Gasteiger partial charge is 0.305 e. The third-order valence-electron chi connectivity index (χ3n) is 3.29. The van der Waals surface area contributed by atoms with E-state index in [-0.39, 0.29) is 31.0 Å². The Morgan fingerprint density at radius 2 is 1.16 bits per heavy atom. The topological polar surface area (TPSA) is 104 Å². The van der Waals surface area contributed by atoms with Gasteiger partial charge in [0, 0.05) is 12.8 Å². The van der Waals surface area contributed by atoms with E-state index in [1.165, 1.54) is 6.42 Å². The van der Waals surface area contributed by atoms with Gasteiger partial charge in [0.2, 0.25) is 0 Å². The van der Waals surface area contributed by atoms with E-state index in [9.17, 15) is 9.59 Å². The van der Waals surface area contributed by atoms with Crippen molar-refractivity contribution in [3.63, 3.8) is 0 Å². The van der Waals surface area contributed by atoms with Crippen molar-refractivity contribution in [3.05, 3.63) is 0 Å². The first-order valence-electron chi connectivity index (χ1n) is 9.32. The van der Waals surface area contributed by atoms with Gasteiger partial charge in [-0.2, -0.15) is 0 Å². The number of aliphatic hydroxyl groups excluding tert-OH is 2. The zero-order chi connectivity index (χ0) is 19.6. The van der Waals surface area contributed by atoms with Crippen LogP contribution in [-0.2, 0) is 14.3 Å². The molecule has 6 nitrogen and oxygen atoms in total. The fraction of sp³-hybridized carbons (Fsp3) is 0.895. The number of carbonyl (C=O) groups is 2. The molecule has 25 heavy (non-hydrogen) atoms. The summed E-state index contributed by atoms with van der Waals surface area (Å²) in [4.78, 5) is 21.8. The quantitative estimate of drug-likeness (QED) is 0.342. The number of aliphatic hydroxyl groups is 2. The molecule has 0 aromatic heterocycles. The summed E-state index contributed by atoms with van der Waals surface area (Å²) >= 11 is 0.